The summed E-state index contributed by atoms with van der Waals surface area (Å²) in [5.41, 5.74) is 4.25. The van der Waals surface area contributed by atoms with E-state index in [1.165, 1.54) is 19.2 Å². The van der Waals surface area contributed by atoms with Crippen molar-refractivity contribution in [2.45, 2.75) is 32.4 Å². The van der Waals surface area contributed by atoms with Crippen molar-refractivity contribution in [1.29, 1.82) is 0 Å². The van der Waals surface area contributed by atoms with Crippen LogP contribution in [0.2, 0.25) is 0 Å². The Labute approximate surface area is 237 Å². The van der Waals surface area contributed by atoms with Gasteiger partial charge in [0, 0.05) is 24.6 Å². The molecule has 1 aromatic heterocycles. The van der Waals surface area contributed by atoms with Crippen LogP contribution in [0, 0.1) is 12.7 Å². The second kappa shape index (κ2) is 12.9. The molecule has 2 N–H and O–H groups in total. The van der Waals surface area contributed by atoms with Gasteiger partial charge in [-0.3, -0.25) is 14.8 Å². The molecule has 0 aliphatic heterocycles. The van der Waals surface area contributed by atoms with Gasteiger partial charge >= 0.3 is 12.1 Å². The van der Waals surface area contributed by atoms with E-state index in [1.807, 2.05) is 30.3 Å². The van der Waals surface area contributed by atoms with Gasteiger partial charge in [0.1, 0.15) is 18.0 Å². The topological polar surface area (TPSA) is 112 Å². The standard InChI is InChI=1S/C31H31FN4O5/c1-19-27(34-31(39)41-20(2)22-8-6-5-7-9-22)28(36(3)35-19)23-12-14-24(15-13-23)29(37)33-26(30(38)40-4)18-21-10-16-25(32)17-11-21/h5-17,20,26H,18H2,1-4H3,(H,33,37)(H,34,39)/t20?,26-/m1/s1. The number of hydrogen-bond acceptors (Lipinski definition) is 6. The van der Waals surface area contributed by atoms with E-state index in [0.29, 0.717) is 33.8 Å². The minimum atomic E-state index is -0.961. The summed E-state index contributed by atoms with van der Waals surface area (Å²) in [6.07, 6.45) is -0.935. The Kier molecular flexibility index (Phi) is 9.13. The molecule has 3 aromatic carbocycles. The molecule has 0 saturated heterocycles. The van der Waals surface area contributed by atoms with E-state index in [-0.39, 0.29) is 6.42 Å². The van der Waals surface area contributed by atoms with E-state index in [4.69, 9.17) is 9.47 Å². The molecule has 0 fully saturated rings. The molecular weight excluding hydrogens is 527 g/mol. The van der Waals surface area contributed by atoms with Gasteiger partial charge in [-0.15, -0.1) is 0 Å². The van der Waals surface area contributed by atoms with E-state index in [9.17, 15) is 18.8 Å². The van der Waals surface area contributed by atoms with Crippen LogP contribution >= 0.6 is 0 Å². The third-order valence-corrected chi connectivity index (χ3v) is 6.57. The number of esters is 1. The zero-order valence-corrected chi connectivity index (χ0v) is 23.2. The molecule has 0 saturated carbocycles. The molecule has 212 valence electrons. The fraction of sp³-hybridized carbons (Fsp3) is 0.226. The number of benzene rings is 3. The molecule has 4 rings (SSSR count). The first-order chi connectivity index (χ1) is 19.7. The highest BCUT2D eigenvalue weighted by molar-refractivity contribution is 5.98. The molecular formula is C31H31FN4O5. The first kappa shape index (κ1) is 29.0. The van der Waals surface area contributed by atoms with Crippen molar-refractivity contribution in [3.8, 4) is 11.3 Å². The van der Waals surface area contributed by atoms with Gasteiger partial charge in [0.25, 0.3) is 5.91 Å². The highest BCUT2D eigenvalue weighted by atomic mass is 19.1. The zero-order valence-electron chi connectivity index (χ0n) is 23.2. The fourth-order valence-electron chi connectivity index (χ4n) is 4.44. The average molecular weight is 559 g/mol. The smallest absolute Gasteiger partial charge is 0.412 e. The number of hydrogen-bond donors (Lipinski definition) is 2. The Morgan fingerprint density at radius 3 is 2.27 bits per heavy atom. The van der Waals surface area contributed by atoms with E-state index in [1.54, 1.807) is 62.0 Å². The van der Waals surface area contributed by atoms with Gasteiger partial charge in [0.05, 0.1) is 24.2 Å². The van der Waals surface area contributed by atoms with Crippen molar-refractivity contribution in [3.63, 3.8) is 0 Å². The van der Waals surface area contributed by atoms with Crippen LogP contribution in [0.25, 0.3) is 11.3 Å². The molecule has 2 amide bonds. The number of nitrogens with one attached hydrogen (secondary N) is 2. The zero-order chi connectivity index (χ0) is 29.5. The first-order valence-corrected chi connectivity index (χ1v) is 13.0. The molecule has 2 atom stereocenters. The Balaban J connectivity index is 1.48. The van der Waals surface area contributed by atoms with Gasteiger partial charge in [-0.2, -0.15) is 5.10 Å². The van der Waals surface area contributed by atoms with Gasteiger partial charge in [-0.1, -0.05) is 54.6 Å². The Morgan fingerprint density at radius 1 is 0.976 bits per heavy atom. The maximum atomic E-state index is 13.3. The quantitative estimate of drug-likeness (QED) is 0.268. The summed E-state index contributed by atoms with van der Waals surface area (Å²) in [5.74, 6) is -1.49. The summed E-state index contributed by atoms with van der Waals surface area (Å²) >= 11 is 0. The fourth-order valence-corrected chi connectivity index (χ4v) is 4.44. The molecule has 1 heterocycles. The van der Waals surface area contributed by atoms with Gasteiger partial charge in [-0.25, -0.2) is 14.0 Å². The number of halogens is 1. The van der Waals surface area contributed by atoms with Gasteiger partial charge in [0.15, 0.2) is 0 Å². The van der Waals surface area contributed by atoms with Crippen LogP contribution in [-0.2, 0) is 27.7 Å². The minimum absolute atomic E-state index is 0.138. The number of anilines is 1. The maximum absolute atomic E-state index is 13.3. The van der Waals surface area contributed by atoms with E-state index in [0.717, 1.165) is 5.56 Å². The van der Waals surface area contributed by atoms with Gasteiger partial charge < -0.3 is 14.8 Å². The summed E-state index contributed by atoms with van der Waals surface area (Å²) in [6.45, 7) is 3.57. The van der Waals surface area contributed by atoms with Crippen LogP contribution in [-0.4, -0.2) is 40.9 Å². The number of nitrogens with zero attached hydrogens (tertiary/aromatic N) is 2. The molecule has 0 radical (unpaired) electrons. The monoisotopic (exact) mass is 558 g/mol. The largest absolute Gasteiger partial charge is 0.467 e. The van der Waals surface area contributed by atoms with Crippen LogP contribution in [0.4, 0.5) is 14.9 Å². The summed E-state index contributed by atoms with van der Waals surface area (Å²) in [7, 11) is 2.99. The number of carbonyl (C=O) groups is 3. The Bertz CT molecular complexity index is 1520. The SMILES string of the molecule is COC(=O)[C@@H](Cc1ccc(F)cc1)NC(=O)c1ccc(-c2c(NC(=O)OC(C)c3ccccc3)c(C)nn2C)cc1. The number of methoxy groups -OCH3 is 1. The van der Waals surface area contributed by atoms with Crippen molar-refractivity contribution in [3.05, 3.63) is 107 Å². The predicted molar refractivity (Wildman–Crippen MR) is 152 cm³/mol. The lowest BCUT2D eigenvalue weighted by atomic mass is 10.0. The van der Waals surface area contributed by atoms with E-state index in [2.05, 4.69) is 15.7 Å². The van der Waals surface area contributed by atoms with Crippen molar-refractivity contribution >= 4 is 23.7 Å². The molecule has 0 bridgehead atoms. The number of rotatable bonds is 9. The molecule has 0 aliphatic carbocycles. The highest BCUT2D eigenvalue weighted by Crippen LogP contribution is 2.31. The average Bonchev–Trinajstić information content (AvgIpc) is 3.25. The molecule has 10 heteroatoms. The number of aryl methyl sites for hydroxylation is 2. The lowest BCUT2D eigenvalue weighted by molar-refractivity contribution is -0.142. The number of aromatic nitrogens is 2. The molecule has 4 aromatic rings. The van der Waals surface area contributed by atoms with Crippen molar-refractivity contribution in [1.82, 2.24) is 15.1 Å². The highest BCUT2D eigenvalue weighted by Gasteiger charge is 2.24. The number of carbonyl (C=O) groups excluding carboxylic acids is 3. The Hall–Kier alpha value is -4.99. The second-order valence-corrected chi connectivity index (χ2v) is 9.47. The van der Waals surface area contributed by atoms with Crippen LogP contribution in [0.3, 0.4) is 0 Å². The normalized spacial score (nSPS) is 12.2. The van der Waals surface area contributed by atoms with E-state index >= 15 is 0 Å². The maximum Gasteiger partial charge on any atom is 0.412 e. The second-order valence-electron chi connectivity index (χ2n) is 9.47. The minimum Gasteiger partial charge on any atom is -0.467 e. The number of amides is 2. The third-order valence-electron chi connectivity index (χ3n) is 6.57. The summed E-state index contributed by atoms with van der Waals surface area (Å²) in [6, 6.07) is 20.8. The summed E-state index contributed by atoms with van der Waals surface area (Å²) in [4.78, 5) is 38.1. The van der Waals surface area contributed by atoms with E-state index < -0.39 is 35.9 Å². The molecule has 41 heavy (non-hydrogen) atoms. The first-order valence-electron chi connectivity index (χ1n) is 13.0. The third kappa shape index (κ3) is 7.16. The van der Waals surface area contributed by atoms with Crippen LogP contribution < -0.4 is 10.6 Å². The lowest BCUT2D eigenvalue weighted by Gasteiger charge is -2.17. The van der Waals surface area contributed by atoms with Gasteiger partial charge in [0.2, 0.25) is 0 Å². The van der Waals surface area contributed by atoms with Crippen LogP contribution in [0.5, 0.6) is 0 Å². The molecule has 0 spiro atoms. The van der Waals surface area contributed by atoms with Crippen molar-refractivity contribution < 1.29 is 28.2 Å². The molecule has 1 unspecified atom stereocenters. The molecule has 9 nitrogen and oxygen atoms in total. The lowest BCUT2D eigenvalue weighted by Crippen LogP contribution is -2.43. The van der Waals surface area contributed by atoms with Crippen LogP contribution in [0.1, 0.15) is 40.2 Å². The summed E-state index contributed by atoms with van der Waals surface area (Å²) < 4.78 is 25.3. The predicted octanol–water partition coefficient (Wildman–Crippen LogP) is 5.36. The van der Waals surface area contributed by atoms with Crippen LogP contribution in [0.15, 0.2) is 78.9 Å². The Morgan fingerprint density at radius 2 is 1.63 bits per heavy atom. The van der Waals surface area contributed by atoms with Gasteiger partial charge in [-0.05, 0) is 49.2 Å². The van der Waals surface area contributed by atoms with Crippen molar-refractivity contribution in [2.75, 3.05) is 12.4 Å². The molecule has 0 aliphatic rings. The number of ether oxygens (including phenoxy) is 2. The summed E-state index contributed by atoms with van der Waals surface area (Å²) in [5, 5.41) is 9.94. The van der Waals surface area contributed by atoms with Crippen molar-refractivity contribution in [2.24, 2.45) is 7.05 Å².